The van der Waals surface area contributed by atoms with Crippen LogP contribution < -0.4 is 10.1 Å². The Kier molecular flexibility index (Phi) is 11.3. The van der Waals surface area contributed by atoms with Crippen LogP contribution in [0.2, 0.25) is 0 Å². The average Bonchev–Trinajstić information content (AvgIpc) is 2.85. The third kappa shape index (κ3) is 7.72. The normalized spacial score (nSPS) is 17.4. The number of hydrogen-bond acceptors (Lipinski definition) is 3. The fourth-order valence-electron chi connectivity index (χ4n) is 4.98. The number of ether oxygens (including phenoxy) is 1. The van der Waals surface area contributed by atoms with Crippen molar-refractivity contribution in [1.82, 2.24) is 0 Å². The number of aryl methyl sites for hydroxylation is 2. The Hall–Kier alpha value is -2.62. The van der Waals surface area contributed by atoms with E-state index in [4.69, 9.17) is 4.74 Å². The molecule has 0 atom stereocenters. The molecule has 0 unspecified atom stereocenters. The van der Waals surface area contributed by atoms with Gasteiger partial charge in [-0.25, -0.2) is 0 Å². The highest BCUT2D eigenvalue weighted by molar-refractivity contribution is 5.96. The van der Waals surface area contributed by atoms with E-state index in [0.717, 1.165) is 54.2 Å². The minimum absolute atomic E-state index is 0.163. The molecular weight excluding hydrogens is 422 g/mol. The van der Waals surface area contributed by atoms with Gasteiger partial charge >= 0.3 is 0 Å². The van der Waals surface area contributed by atoms with Gasteiger partial charge in [-0.05, 0) is 81.0 Å². The van der Waals surface area contributed by atoms with Crippen LogP contribution >= 0.6 is 0 Å². The Morgan fingerprint density at radius 3 is 2.26 bits per heavy atom. The van der Waals surface area contributed by atoms with Gasteiger partial charge < -0.3 is 10.1 Å². The van der Waals surface area contributed by atoms with Crippen molar-refractivity contribution in [3.63, 3.8) is 0 Å². The van der Waals surface area contributed by atoms with Crippen LogP contribution in [0.15, 0.2) is 36.4 Å². The van der Waals surface area contributed by atoms with E-state index in [-0.39, 0.29) is 17.6 Å². The number of ketones is 1. The number of hydrogen-bond donors (Lipinski definition) is 1. The first-order valence-electron chi connectivity index (χ1n) is 12.9. The number of carbonyl (C=O) groups excluding carboxylic acids is 2. The molecule has 2 aromatic rings. The van der Waals surface area contributed by atoms with Crippen molar-refractivity contribution in [2.24, 2.45) is 11.8 Å². The Balaban J connectivity index is 0.000000270. The second-order valence-corrected chi connectivity index (χ2v) is 9.39. The van der Waals surface area contributed by atoms with Crippen LogP contribution in [0.5, 0.6) is 5.75 Å². The summed E-state index contributed by atoms with van der Waals surface area (Å²) in [7, 11) is 1.66. The summed E-state index contributed by atoms with van der Waals surface area (Å²) in [5.74, 6) is 2.16. The van der Waals surface area contributed by atoms with E-state index in [2.05, 4.69) is 32.2 Å². The molecule has 0 heterocycles. The zero-order valence-corrected chi connectivity index (χ0v) is 22.0. The first-order valence-corrected chi connectivity index (χ1v) is 12.9. The summed E-state index contributed by atoms with van der Waals surface area (Å²) in [6.45, 7) is 10.1. The zero-order valence-electron chi connectivity index (χ0n) is 22.0. The van der Waals surface area contributed by atoms with Gasteiger partial charge in [0.05, 0.1) is 7.11 Å². The van der Waals surface area contributed by atoms with Crippen LogP contribution in [-0.2, 0) is 17.6 Å². The van der Waals surface area contributed by atoms with E-state index < -0.39 is 0 Å². The third-order valence-electron chi connectivity index (χ3n) is 6.98. The van der Waals surface area contributed by atoms with Crippen molar-refractivity contribution in [2.75, 3.05) is 12.4 Å². The summed E-state index contributed by atoms with van der Waals surface area (Å²) in [6, 6.07) is 11.8. The van der Waals surface area contributed by atoms with Gasteiger partial charge in [0.15, 0.2) is 5.78 Å². The van der Waals surface area contributed by atoms with Crippen molar-refractivity contribution in [3.05, 3.63) is 58.7 Å². The molecule has 0 bridgehead atoms. The summed E-state index contributed by atoms with van der Waals surface area (Å²) in [4.78, 5) is 23.7. The maximum Gasteiger partial charge on any atom is 0.227 e. The molecule has 186 valence electrons. The van der Waals surface area contributed by atoms with Gasteiger partial charge in [-0.2, -0.15) is 0 Å². The molecule has 4 heteroatoms. The average molecular weight is 466 g/mol. The van der Waals surface area contributed by atoms with Crippen LogP contribution in [0.4, 0.5) is 5.69 Å². The van der Waals surface area contributed by atoms with E-state index in [1.165, 1.54) is 36.8 Å². The van der Waals surface area contributed by atoms with Gasteiger partial charge in [0.2, 0.25) is 5.91 Å². The van der Waals surface area contributed by atoms with Gasteiger partial charge in [0, 0.05) is 23.2 Å². The van der Waals surface area contributed by atoms with Crippen molar-refractivity contribution in [2.45, 2.75) is 86.0 Å². The fraction of sp³-hybridized carbons (Fsp3) is 0.533. The molecule has 3 rings (SSSR count). The first kappa shape index (κ1) is 27.6. The lowest BCUT2D eigenvalue weighted by atomic mass is 9.80. The molecule has 1 N–H and O–H groups in total. The second-order valence-electron chi connectivity index (χ2n) is 9.39. The lowest BCUT2D eigenvalue weighted by Crippen LogP contribution is -2.27. The highest BCUT2D eigenvalue weighted by atomic mass is 16.5. The smallest absolute Gasteiger partial charge is 0.227 e. The van der Waals surface area contributed by atoms with Gasteiger partial charge in [0.1, 0.15) is 5.75 Å². The Morgan fingerprint density at radius 2 is 1.71 bits per heavy atom. The molecule has 2 aromatic carbocycles. The quantitative estimate of drug-likeness (QED) is 0.409. The number of Topliss-reactive ketones (excluding diaryl/α,β-unsaturated/α-hetero) is 1. The van der Waals surface area contributed by atoms with Crippen LogP contribution in [0.3, 0.4) is 0 Å². The van der Waals surface area contributed by atoms with Crippen molar-refractivity contribution in [3.8, 4) is 5.75 Å². The number of nitrogens with one attached hydrogen (secondary N) is 1. The standard InChI is InChI=1S/C18H27NO2.C12H16O/c1-4-5-14-7-9-15(10-8-14)18(20)19-16-11-6-13(2)17(12-16)21-3;1-4-10-7-6-8-12(9(3)13)11(10)5-2/h6,11-12,14-15H,4-5,7-10H2,1-3H3,(H,19,20);6-8H,4-5H2,1-3H3. The van der Waals surface area contributed by atoms with E-state index in [0.29, 0.717) is 0 Å². The van der Waals surface area contributed by atoms with E-state index >= 15 is 0 Å². The predicted octanol–water partition coefficient (Wildman–Crippen LogP) is 7.56. The van der Waals surface area contributed by atoms with Crippen LogP contribution in [0, 0.1) is 18.8 Å². The second kappa shape index (κ2) is 13.9. The number of benzene rings is 2. The van der Waals surface area contributed by atoms with Gasteiger partial charge in [-0.3, -0.25) is 9.59 Å². The first-order chi connectivity index (χ1) is 16.3. The molecular formula is C30H43NO3. The monoisotopic (exact) mass is 465 g/mol. The maximum atomic E-state index is 12.4. The van der Waals surface area contributed by atoms with E-state index in [9.17, 15) is 9.59 Å². The summed E-state index contributed by atoms with van der Waals surface area (Å²) >= 11 is 0. The predicted molar refractivity (Wildman–Crippen MR) is 142 cm³/mol. The summed E-state index contributed by atoms with van der Waals surface area (Å²) in [5.41, 5.74) is 5.32. The summed E-state index contributed by atoms with van der Waals surface area (Å²) in [6.07, 6.45) is 8.96. The molecule has 0 saturated heterocycles. The SMILES string of the molecule is CCCC1CCC(C(=O)Nc2ccc(C)c(OC)c2)CC1.CCc1cccc(C(C)=O)c1CC. The molecule has 0 radical (unpaired) electrons. The molecule has 0 aromatic heterocycles. The van der Waals surface area contributed by atoms with Crippen LogP contribution in [-0.4, -0.2) is 18.8 Å². The molecule has 1 aliphatic rings. The highest BCUT2D eigenvalue weighted by Gasteiger charge is 2.25. The lowest BCUT2D eigenvalue weighted by molar-refractivity contribution is -0.121. The number of carbonyl (C=O) groups is 2. The van der Waals surface area contributed by atoms with Crippen LogP contribution in [0.1, 0.15) is 93.3 Å². The molecule has 1 aliphatic carbocycles. The number of rotatable bonds is 8. The Labute approximate surface area is 206 Å². The Morgan fingerprint density at radius 1 is 1.00 bits per heavy atom. The van der Waals surface area contributed by atoms with Crippen molar-refractivity contribution < 1.29 is 14.3 Å². The van der Waals surface area contributed by atoms with Gasteiger partial charge in [0.25, 0.3) is 0 Å². The van der Waals surface area contributed by atoms with Gasteiger partial charge in [-0.15, -0.1) is 0 Å². The highest BCUT2D eigenvalue weighted by Crippen LogP contribution is 2.32. The molecule has 0 spiro atoms. The van der Waals surface area contributed by atoms with Gasteiger partial charge in [-0.1, -0.05) is 57.9 Å². The summed E-state index contributed by atoms with van der Waals surface area (Å²) < 4.78 is 5.30. The molecule has 4 nitrogen and oxygen atoms in total. The van der Waals surface area contributed by atoms with E-state index in [1.54, 1.807) is 14.0 Å². The molecule has 1 fully saturated rings. The fourth-order valence-corrected chi connectivity index (χ4v) is 4.98. The molecule has 34 heavy (non-hydrogen) atoms. The van der Waals surface area contributed by atoms with Crippen molar-refractivity contribution >= 4 is 17.4 Å². The Bertz CT molecular complexity index is 942. The topological polar surface area (TPSA) is 55.4 Å². The molecule has 1 saturated carbocycles. The summed E-state index contributed by atoms with van der Waals surface area (Å²) in [5, 5.41) is 3.04. The lowest BCUT2D eigenvalue weighted by Gasteiger charge is -2.27. The largest absolute Gasteiger partial charge is 0.496 e. The number of anilines is 1. The minimum atomic E-state index is 0.163. The minimum Gasteiger partial charge on any atom is -0.496 e. The van der Waals surface area contributed by atoms with Crippen molar-refractivity contribution in [1.29, 1.82) is 0 Å². The molecule has 0 aliphatic heterocycles. The molecule has 1 amide bonds. The maximum absolute atomic E-state index is 12.4. The third-order valence-corrected chi connectivity index (χ3v) is 6.98. The zero-order chi connectivity index (χ0) is 25.1. The van der Waals surface area contributed by atoms with Crippen LogP contribution in [0.25, 0.3) is 0 Å². The number of amides is 1. The number of methoxy groups -OCH3 is 1. The van der Waals surface area contributed by atoms with E-state index in [1.807, 2.05) is 37.3 Å².